The lowest BCUT2D eigenvalue weighted by Crippen LogP contribution is -2.52. The Labute approximate surface area is 113 Å². The van der Waals surface area contributed by atoms with Gasteiger partial charge in [0.2, 0.25) is 0 Å². The van der Waals surface area contributed by atoms with Gasteiger partial charge in [-0.25, -0.2) is 4.79 Å². The third-order valence-electron chi connectivity index (χ3n) is 4.14. The predicted octanol–water partition coefficient (Wildman–Crippen LogP) is 0.891. The Kier molecular flexibility index (Phi) is 4.29. The van der Waals surface area contributed by atoms with Crippen molar-refractivity contribution in [3.05, 3.63) is 0 Å². The summed E-state index contributed by atoms with van der Waals surface area (Å²) >= 11 is 0. The second-order valence-corrected chi connectivity index (χ2v) is 5.62. The number of amides is 2. The Balaban J connectivity index is 1.87. The lowest BCUT2D eigenvalue weighted by Gasteiger charge is -2.39. The molecule has 2 bridgehead atoms. The summed E-state index contributed by atoms with van der Waals surface area (Å²) in [4.78, 5) is 26.3. The van der Waals surface area contributed by atoms with Crippen molar-refractivity contribution in [2.24, 2.45) is 0 Å². The van der Waals surface area contributed by atoms with Crippen molar-refractivity contribution in [3.63, 3.8) is 0 Å². The zero-order chi connectivity index (χ0) is 14.0. The third-order valence-corrected chi connectivity index (χ3v) is 4.14. The smallest absolute Gasteiger partial charge is 0.320 e. The van der Waals surface area contributed by atoms with E-state index < -0.39 is 5.97 Å². The Morgan fingerprint density at radius 3 is 2.37 bits per heavy atom. The van der Waals surface area contributed by atoms with Crippen molar-refractivity contribution >= 4 is 12.0 Å². The number of urea groups is 1. The molecule has 0 aromatic rings. The SMILES string of the molecule is CN(CCCC(=O)O)C(=O)N1C2CCC1CC(O)C2. The van der Waals surface area contributed by atoms with Crippen LogP contribution < -0.4 is 0 Å². The molecule has 2 atom stereocenters. The molecule has 2 fully saturated rings. The maximum absolute atomic E-state index is 12.4. The van der Waals surface area contributed by atoms with E-state index in [9.17, 15) is 14.7 Å². The highest BCUT2D eigenvalue weighted by Gasteiger charge is 2.43. The average molecular weight is 270 g/mol. The van der Waals surface area contributed by atoms with Crippen molar-refractivity contribution < 1.29 is 19.8 Å². The Hall–Kier alpha value is -1.30. The normalized spacial score (nSPS) is 29.4. The molecule has 2 aliphatic heterocycles. The van der Waals surface area contributed by atoms with Gasteiger partial charge in [-0.15, -0.1) is 0 Å². The van der Waals surface area contributed by atoms with E-state index in [-0.39, 0.29) is 30.6 Å². The van der Waals surface area contributed by atoms with E-state index >= 15 is 0 Å². The number of hydrogen-bond donors (Lipinski definition) is 2. The standard InChI is InChI=1S/C13H22N2O4/c1-14(6-2-3-12(17)18)13(19)15-9-4-5-10(15)8-11(16)7-9/h9-11,16H,2-8H2,1H3,(H,17,18). The average Bonchev–Trinajstić information content (AvgIpc) is 2.60. The van der Waals surface area contributed by atoms with E-state index in [0.717, 1.165) is 12.8 Å². The number of aliphatic carboxylic acids is 1. The molecule has 6 heteroatoms. The molecule has 2 N–H and O–H groups in total. The van der Waals surface area contributed by atoms with Gasteiger partial charge in [0.15, 0.2) is 0 Å². The summed E-state index contributed by atoms with van der Waals surface area (Å²) in [7, 11) is 1.72. The monoisotopic (exact) mass is 270 g/mol. The summed E-state index contributed by atoms with van der Waals surface area (Å²) in [6, 6.07) is 0.288. The van der Waals surface area contributed by atoms with Crippen LogP contribution >= 0.6 is 0 Å². The lowest BCUT2D eigenvalue weighted by molar-refractivity contribution is -0.137. The number of carboxylic acids is 1. The van der Waals surface area contributed by atoms with Gasteiger partial charge in [-0.1, -0.05) is 0 Å². The van der Waals surface area contributed by atoms with Gasteiger partial charge in [0.25, 0.3) is 0 Å². The molecule has 0 aliphatic carbocycles. The van der Waals surface area contributed by atoms with Gasteiger partial charge in [-0.2, -0.15) is 0 Å². The van der Waals surface area contributed by atoms with E-state index in [0.29, 0.717) is 25.8 Å². The molecule has 2 aliphatic rings. The predicted molar refractivity (Wildman–Crippen MR) is 68.8 cm³/mol. The summed E-state index contributed by atoms with van der Waals surface area (Å²) < 4.78 is 0. The van der Waals surface area contributed by atoms with Crippen LogP contribution in [0.1, 0.15) is 38.5 Å². The first-order valence-electron chi connectivity index (χ1n) is 6.92. The minimum atomic E-state index is -0.831. The van der Waals surface area contributed by atoms with Crippen molar-refractivity contribution in [1.29, 1.82) is 0 Å². The summed E-state index contributed by atoms with van der Waals surface area (Å²) in [5.41, 5.74) is 0. The van der Waals surface area contributed by atoms with Crippen molar-refractivity contribution in [2.45, 2.75) is 56.7 Å². The Bertz CT molecular complexity index is 347. The number of hydrogen-bond acceptors (Lipinski definition) is 3. The summed E-state index contributed by atoms with van der Waals surface area (Å²) in [6.07, 6.45) is 3.56. The minimum absolute atomic E-state index is 0.0233. The van der Waals surface area contributed by atoms with Crippen molar-refractivity contribution in [1.82, 2.24) is 9.80 Å². The number of rotatable bonds is 4. The van der Waals surface area contributed by atoms with Gasteiger partial charge in [0.1, 0.15) is 0 Å². The molecule has 0 aromatic carbocycles. The van der Waals surface area contributed by atoms with Crippen LogP contribution in [0.4, 0.5) is 4.79 Å². The van der Waals surface area contributed by atoms with E-state index in [1.54, 1.807) is 11.9 Å². The van der Waals surface area contributed by atoms with Crippen LogP contribution in [-0.2, 0) is 4.79 Å². The number of fused-ring (bicyclic) bond motifs is 2. The van der Waals surface area contributed by atoms with Gasteiger partial charge in [-0.05, 0) is 32.1 Å². The van der Waals surface area contributed by atoms with E-state index in [1.165, 1.54) is 0 Å². The number of aliphatic hydroxyl groups excluding tert-OH is 1. The van der Waals surface area contributed by atoms with Gasteiger partial charge in [0, 0.05) is 32.1 Å². The van der Waals surface area contributed by atoms with E-state index in [2.05, 4.69) is 0 Å². The number of carbonyl (C=O) groups is 2. The van der Waals surface area contributed by atoms with Crippen LogP contribution in [0.5, 0.6) is 0 Å². The fourth-order valence-electron chi connectivity index (χ4n) is 3.22. The second kappa shape index (κ2) is 5.77. The van der Waals surface area contributed by atoms with Gasteiger partial charge < -0.3 is 20.0 Å². The molecule has 2 unspecified atom stereocenters. The first-order valence-corrected chi connectivity index (χ1v) is 6.92. The molecule has 6 nitrogen and oxygen atoms in total. The van der Waals surface area contributed by atoms with Crippen molar-refractivity contribution in [3.8, 4) is 0 Å². The summed E-state index contributed by atoms with van der Waals surface area (Å²) in [6.45, 7) is 0.462. The van der Waals surface area contributed by atoms with Gasteiger partial charge in [0.05, 0.1) is 6.10 Å². The largest absolute Gasteiger partial charge is 0.481 e. The molecular formula is C13H22N2O4. The minimum Gasteiger partial charge on any atom is -0.481 e. The summed E-state index contributed by atoms with van der Waals surface area (Å²) in [5.74, 6) is -0.831. The fourth-order valence-corrected chi connectivity index (χ4v) is 3.22. The van der Waals surface area contributed by atoms with Crippen LogP contribution in [0.15, 0.2) is 0 Å². The maximum atomic E-state index is 12.4. The summed E-state index contributed by atoms with van der Waals surface area (Å²) in [5, 5.41) is 18.3. The molecule has 2 heterocycles. The zero-order valence-corrected chi connectivity index (χ0v) is 11.3. The quantitative estimate of drug-likeness (QED) is 0.795. The Morgan fingerprint density at radius 1 is 1.26 bits per heavy atom. The number of carboxylic acid groups (broad SMARTS) is 1. The first kappa shape index (κ1) is 14.1. The highest BCUT2D eigenvalue weighted by molar-refractivity contribution is 5.75. The van der Waals surface area contributed by atoms with E-state index in [1.807, 2.05) is 4.90 Å². The Morgan fingerprint density at radius 2 is 1.84 bits per heavy atom. The van der Waals surface area contributed by atoms with Gasteiger partial charge in [-0.3, -0.25) is 4.79 Å². The molecule has 0 aromatic heterocycles. The highest BCUT2D eigenvalue weighted by Crippen LogP contribution is 2.36. The van der Waals surface area contributed by atoms with Crippen LogP contribution in [0.25, 0.3) is 0 Å². The van der Waals surface area contributed by atoms with Crippen LogP contribution in [0.3, 0.4) is 0 Å². The number of aliphatic hydroxyl groups is 1. The molecule has 2 rings (SSSR count). The first-order chi connectivity index (χ1) is 8.99. The topological polar surface area (TPSA) is 81.1 Å². The number of piperidine rings is 1. The van der Waals surface area contributed by atoms with E-state index in [4.69, 9.17) is 5.11 Å². The third kappa shape index (κ3) is 3.18. The molecule has 0 radical (unpaired) electrons. The fraction of sp³-hybridized carbons (Fsp3) is 0.846. The molecule has 2 amide bonds. The highest BCUT2D eigenvalue weighted by atomic mass is 16.4. The zero-order valence-electron chi connectivity index (χ0n) is 11.3. The molecular weight excluding hydrogens is 248 g/mol. The molecule has 0 saturated carbocycles. The molecule has 19 heavy (non-hydrogen) atoms. The molecule has 2 saturated heterocycles. The second-order valence-electron chi connectivity index (χ2n) is 5.62. The lowest BCUT2D eigenvalue weighted by atomic mass is 10.0. The van der Waals surface area contributed by atoms with Crippen LogP contribution in [0.2, 0.25) is 0 Å². The van der Waals surface area contributed by atoms with Gasteiger partial charge >= 0.3 is 12.0 Å². The molecule has 0 spiro atoms. The molecule has 108 valence electrons. The van der Waals surface area contributed by atoms with Crippen LogP contribution in [-0.4, -0.2) is 63.8 Å². The number of nitrogens with zero attached hydrogens (tertiary/aromatic N) is 2. The van der Waals surface area contributed by atoms with Crippen molar-refractivity contribution in [2.75, 3.05) is 13.6 Å². The number of carbonyl (C=O) groups excluding carboxylic acids is 1. The van der Waals surface area contributed by atoms with Crippen LogP contribution in [0, 0.1) is 0 Å². The maximum Gasteiger partial charge on any atom is 0.320 e.